The van der Waals surface area contributed by atoms with Crippen LogP contribution in [0.3, 0.4) is 0 Å². The lowest BCUT2D eigenvalue weighted by Gasteiger charge is -2.02. The van der Waals surface area contributed by atoms with Crippen molar-refractivity contribution in [1.82, 2.24) is 5.16 Å². The van der Waals surface area contributed by atoms with Crippen molar-refractivity contribution in [2.45, 2.75) is 13.3 Å². The van der Waals surface area contributed by atoms with E-state index in [1.807, 2.05) is 6.07 Å². The quantitative estimate of drug-likeness (QED) is 0.676. The lowest BCUT2D eigenvalue weighted by Crippen LogP contribution is -2.13. The number of nitrogens with zero attached hydrogens (tertiary/aromatic N) is 1. The van der Waals surface area contributed by atoms with Crippen molar-refractivity contribution in [1.29, 1.82) is 0 Å². The van der Waals surface area contributed by atoms with E-state index in [2.05, 4.69) is 16.6 Å². The largest absolute Gasteiger partial charge is 0.365 e. The number of nitrogens with two attached hydrogens (primary N) is 1. The summed E-state index contributed by atoms with van der Waals surface area (Å²) in [6.45, 7) is 2.79. The van der Waals surface area contributed by atoms with E-state index in [0.717, 1.165) is 12.1 Å². The molecule has 1 aromatic heterocycles. The van der Waals surface area contributed by atoms with Gasteiger partial charge in [0.15, 0.2) is 0 Å². The monoisotopic (exact) mass is 140 g/mol. The van der Waals surface area contributed by atoms with Crippen LogP contribution >= 0.6 is 0 Å². The molecule has 0 radical (unpaired) electrons. The zero-order valence-corrected chi connectivity index (χ0v) is 6.08. The summed E-state index contributed by atoms with van der Waals surface area (Å²) in [6, 6.07) is 1.87. The van der Waals surface area contributed by atoms with Crippen molar-refractivity contribution in [2.24, 2.45) is 11.7 Å². The molecule has 0 aliphatic heterocycles. The van der Waals surface area contributed by atoms with Crippen LogP contribution in [0.4, 0.5) is 0 Å². The van der Waals surface area contributed by atoms with E-state index in [9.17, 15) is 0 Å². The summed E-state index contributed by atoms with van der Waals surface area (Å²) in [5, 5.41) is 3.77. The summed E-state index contributed by atoms with van der Waals surface area (Å²) < 4.78 is 4.67. The molecule has 2 N–H and O–H groups in total. The van der Waals surface area contributed by atoms with Gasteiger partial charge < -0.3 is 10.3 Å². The molecule has 0 saturated carbocycles. The SMILES string of the molecule is CC(CN)Cc1ccon1. The molecular formula is C7H12N2O. The van der Waals surface area contributed by atoms with Crippen LogP contribution in [0.5, 0.6) is 0 Å². The summed E-state index contributed by atoms with van der Waals surface area (Å²) >= 11 is 0. The van der Waals surface area contributed by atoms with Crippen LogP contribution in [-0.2, 0) is 6.42 Å². The Hall–Kier alpha value is -0.830. The van der Waals surface area contributed by atoms with E-state index in [-0.39, 0.29) is 0 Å². The maximum Gasteiger partial charge on any atom is 0.124 e. The average Bonchev–Trinajstić information content (AvgIpc) is 2.40. The molecule has 1 aromatic rings. The molecule has 0 fully saturated rings. The number of hydrogen-bond donors (Lipinski definition) is 1. The maximum absolute atomic E-state index is 5.43. The van der Waals surface area contributed by atoms with E-state index in [0.29, 0.717) is 12.5 Å². The van der Waals surface area contributed by atoms with Gasteiger partial charge in [0.2, 0.25) is 0 Å². The smallest absolute Gasteiger partial charge is 0.124 e. The molecule has 10 heavy (non-hydrogen) atoms. The normalized spacial score (nSPS) is 13.4. The van der Waals surface area contributed by atoms with E-state index >= 15 is 0 Å². The Morgan fingerprint density at radius 2 is 2.60 bits per heavy atom. The van der Waals surface area contributed by atoms with Crippen molar-refractivity contribution < 1.29 is 4.52 Å². The average molecular weight is 140 g/mol. The fourth-order valence-corrected chi connectivity index (χ4v) is 0.783. The van der Waals surface area contributed by atoms with Gasteiger partial charge in [0.25, 0.3) is 0 Å². The van der Waals surface area contributed by atoms with Crippen molar-refractivity contribution in [3.05, 3.63) is 18.0 Å². The molecule has 0 saturated heterocycles. The molecule has 0 amide bonds. The van der Waals surface area contributed by atoms with E-state index in [4.69, 9.17) is 5.73 Å². The lowest BCUT2D eigenvalue weighted by atomic mass is 10.1. The molecule has 0 bridgehead atoms. The minimum atomic E-state index is 0.491. The Labute approximate surface area is 60.2 Å². The Kier molecular flexibility index (Phi) is 2.45. The summed E-state index contributed by atoms with van der Waals surface area (Å²) in [4.78, 5) is 0. The second-order valence-corrected chi connectivity index (χ2v) is 2.54. The highest BCUT2D eigenvalue weighted by atomic mass is 16.5. The lowest BCUT2D eigenvalue weighted by molar-refractivity contribution is 0.405. The first-order chi connectivity index (χ1) is 4.83. The molecule has 3 heteroatoms. The summed E-state index contributed by atoms with van der Waals surface area (Å²) in [6.07, 6.45) is 2.49. The standard InChI is InChI=1S/C7H12N2O/c1-6(5-8)4-7-2-3-10-9-7/h2-3,6H,4-5,8H2,1H3. The van der Waals surface area contributed by atoms with Gasteiger partial charge in [-0.1, -0.05) is 12.1 Å². The second-order valence-electron chi connectivity index (χ2n) is 2.54. The molecule has 1 heterocycles. The molecule has 1 atom stereocenters. The first-order valence-electron chi connectivity index (χ1n) is 3.42. The summed E-state index contributed by atoms with van der Waals surface area (Å²) in [5.74, 6) is 0.491. The first-order valence-corrected chi connectivity index (χ1v) is 3.42. The van der Waals surface area contributed by atoms with Crippen LogP contribution in [-0.4, -0.2) is 11.7 Å². The zero-order valence-electron chi connectivity index (χ0n) is 6.08. The van der Waals surface area contributed by atoms with E-state index in [1.165, 1.54) is 0 Å². The predicted molar refractivity (Wildman–Crippen MR) is 38.4 cm³/mol. The summed E-state index contributed by atoms with van der Waals surface area (Å²) in [7, 11) is 0. The molecule has 0 aliphatic carbocycles. The number of hydrogen-bond acceptors (Lipinski definition) is 3. The zero-order chi connectivity index (χ0) is 7.40. The summed E-state index contributed by atoms with van der Waals surface area (Å²) in [5.41, 5.74) is 6.41. The van der Waals surface area contributed by atoms with Gasteiger partial charge in [-0.25, -0.2) is 0 Å². The van der Waals surface area contributed by atoms with Gasteiger partial charge >= 0.3 is 0 Å². The molecule has 1 rings (SSSR count). The van der Waals surface area contributed by atoms with Crippen LogP contribution in [0.2, 0.25) is 0 Å². The first kappa shape index (κ1) is 7.28. The number of aromatic nitrogens is 1. The Balaban J connectivity index is 2.40. The Bertz CT molecular complexity index is 172. The maximum atomic E-state index is 5.43. The van der Waals surface area contributed by atoms with Crippen LogP contribution in [0.1, 0.15) is 12.6 Å². The second kappa shape index (κ2) is 3.37. The van der Waals surface area contributed by atoms with Gasteiger partial charge in [-0.3, -0.25) is 0 Å². The number of rotatable bonds is 3. The van der Waals surface area contributed by atoms with Gasteiger partial charge in [0, 0.05) is 6.07 Å². The molecule has 56 valence electrons. The molecule has 0 spiro atoms. The Morgan fingerprint density at radius 1 is 1.80 bits per heavy atom. The third-order valence-corrected chi connectivity index (χ3v) is 1.45. The van der Waals surface area contributed by atoms with Gasteiger partial charge in [0.05, 0.1) is 5.69 Å². The van der Waals surface area contributed by atoms with Crippen LogP contribution in [0, 0.1) is 5.92 Å². The van der Waals surface area contributed by atoms with Crippen molar-refractivity contribution in [2.75, 3.05) is 6.54 Å². The molecule has 0 aliphatic rings. The molecular weight excluding hydrogens is 128 g/mol. The molecule has 1 unspecified atom stereocenters. The van der Waals surface area contributed by atoms with Crippen molar-refractivity contribution in [3.8, 4) is 0 Å². The highest BCUT2D eigenvalue weighted by Gasteiger charge is 2.02. The molecule has 0 aromatic carbocycles. The van der Waals surface area contributed by atoms with Crippen LogP contribution in [0.15, 0.2) is 16.9 Å². The van der Waals surface area contributed by atoms with Gasteiger partial charge in [-0.15, -0.1) is 0 Å². The predicted octanol–water partition coefficient (Wildman–Crippen LogP) is 0.812. The van der Waals surface area contributed by atoms with Gasteiger partial charge in [-0.05, 0) is 18.9 Å². The third kappa shape index (κ3) is 1.84. The van der Waals surface area contributed by atoms with Crippen molar-refractivity contribution in [3.63, 3.8) is 0 Å². The Morgan fingerprint density at radius 3 is 3.10 bits per heavy atom. The van der Waals surface area contributed by atoms with Gasteiger partial charge in [0.1, 0.15) is 6.26 Å². The van der Waals surface area contributed by atoms with Crippen LogP contribution in [0.25, 0.3) is 0 Å². The third-order valence-electron chi connectivity index (χ3n) is 1.45. The molecule has 3 nitrogen and oxygen atoms in total. The topological polar surface area (TPSA) is 52.0 Å². The fraction of sp³-hybridized carbons (Fsp3) is 0.571. The van der Waals surface area contributed by atoms with E-state index < -0.39 is 0 Å². The van der Waals surface area contributed by atoms with Crippen molar-refractivity contribution >= 4 is 0 Å². The minimum Gasteiger partial charge on any atom is -0.365 e. The highest BCUT2D eigenvalue weighted by Crippen LogP contribution is 2.03. The van der Waals surface area contributed by atoms with Gasteiger partial charge in [-0.2, -0.15) is 0 Å². The fourth-order valence-electron chi connectivity index (χ4n) is 0.783. The minimum absolute atomic E-state index is 0.491. The van der Waals surface area contributed by atoms with Crippen LogP contribution < -0.4 is 5.73 Å². The highest BCUT2D eigenvalue weighted by molar-refractivity contribution is 4.96. The van der Waals surface area contributed by atoms with E-state index in [1.54, 1.807) is 6.26 Å².